The highest BCUT2D eigenvalue weighted by molar-refractivity contribution is 5.88. The van der Waals surface area contributed by atoms with Crippen LogP contribution >= 0.6 is 0 Å². The molecule has 1 aromatic carbocycles. The van der Waals surface area contributed by atoms with Gasteiger partial charge in [0.15, 0.2) is 0 Å². The van der Waals surface area contributed by atoms with Gasteiger partial charge in [-0.05, 0) is 31.0 Å². The summed E-state index contributed by atoms with van der Waals surface area (Å²) in [5.74, 6) is -1.77. The molecule has 21 heavy (non-hydrogen) atoms. The third-order valence-corrected chi connectivity index (χ3v) is 3.25. The van der Waals surface area contributed by atoms with Crippen molar-refractivity contribution >= 4 is 5.97 Å². The standard InChI is InChI=1S/C14H15F3O4/c15-14(16,17)11-8-9(13(18)19)3-4-12(11)21-7-5-10-2-1-6-20-10/h3-4,8,10H,1-2,5-7H2,(H,18,19). The lowest BCUT2D eigenvalue weighted by Crippen LogP contribution is -2.14. The molecular formula is C14H15F3O4. The smallest absolute Gasteiger partial charge is 0.419 e. The molecule has 1 aliphatic rings. The number of alkyl halides is 3. The van der Waals surface area contributed by atoms with Gasteiger partial charge in [0.1, 0.15) is 5.75 Å². The van der Waals surface area contributed by atoms with Crippen molar-refractivity contribution in [1.29, 1.82) is 0 Å². The molecule has 1 heterocycles. The molecule has 0 amide bonds. The maximum Gasteiger partial charge on any atom is 0.419 e. The highest BCUT2D eigenvalue weighted by atomic mass is 19.4. The minimum absolute atomic E-state index is 0.0256. The van der Waals surface area contributed by atoms with Crippen LogP contribution in [0.1, 0.15) is 35.2 Å². The minimum atomic E-state index is -4.66. The van der Waals surface area contributed by atoms with E-state index in [1.165, 1.54) is 0 Å². The van der Waals surface area contributed by atoms with Gasteiger partial charge in [0, 0.05) is 13.0 Å². The summed E-state index contributed by atoms with van der Waals surface area (Å²) in [5, 5.41) is 8.76. The normalized spacial score (nSPS) is 18.7. The first-order chi connectivity index (χ1) is 9.88. The van der Waals surface area contributed by atoms with Crippen molar-refractivity contribution in [1.82, 2.24) is 0 Å². The van der Waals surface area contributed by atoms with E-state index in [4.69, 9.17) is 14.6 Å². The highest BCUT2D eigenvalue weighted by Crippen LogP contribution is 2.37. The molecule has 2 rings (SSSR count). The fraction of sp³-hybridized carbons (Fsp3) is 0.500. The Bertz CT molecular complexity index is 507. The molecule has 4 nitrogen and oxygen atoms in total. The molecule has 0 aliphatic carbocycles. The fourth-order valence-electron chi connectivity index (χ4n) is 2.18. The number of hydrogen-bond donors (Lipinski definition) is 1. The van der Waals surface area contributed by atoms with Crippen LogP contribution in [-0.4, -0.2) is 30.4 Å². The summed E-state index contributed by atoms with van der Waals surface area (Å²) in [5.41, 5.74) is -1.50. The summed E-state index contributed by atoms with van der Waals surface area (Å²) in [4.78, 5) is 10.8. The lowest BCUT2D eigenvalue weighted by atomic mass is 10.1. The van der Waals surface area contributed by atoms with Crippen molar-refractivity contribution in [2.24, 2.45) is 0 Å². The van der Waals surface area contributed by atoms with Gasteiger partial charge in [-0.1, -0.05) is 0 Å². The first-order valence-electron chi connectivity index (χ1n) is 6.57. The monoisotopic (exact) mass is 304 g/mol. The third-order valence-electron chi connectivity index (χ3n) is 3.25. The van der Waals surface area contributed by atoms with Crippen molar-refractivity contribution in [3.8, 4) is 5.75 Å². The molecule has 7 heteroatoms. The predicted octanol–water partition coefficient (Wildman–Crippen LogP) is 3.35. The largest absolute Gasteiger partial charge is 0.493 e. The average molecular weight is 304 g/mol. The topological polar surface area (TPSA) is 55.8 Å². The van der Waals surface area contributed by atoms with E-state index >= 15 is 0 Å². The van der Waals surface area contributed by atoms with Crippen molar-refractivity contribution in [2.45, 2.75) is 31.5 Å². The van der Waals surface area contributed by atoms with Crippen LogP contribution in [0.4, 0.5) is 13.2 Å². The summed E-state index contributed by atoms with van der Waals surface area (Å²) in [6.07, 6.45) is -2.29. The van der Waals surface area contributed by atoms with Gasteiger partial charge < -0.3 is 14.6 Å². The van der Waals surface area contributed by atoms with E-state index in [1.54, 1.807) is 0 Å². The van der Waals surface area contributed by atoms with Crippen LogP contribution in [0.2, 0.25) is 0 Å². The maximum atomic E-state index is 12.9. The molecule has 0 spiro atoms. The molecule has 1 unspecified atom stereocenters. The Morgan fingerprint density at radius 2 is 2.19 bits per heavy atom. The minimum Gasteiger partial charge on any atom is -0.493 e. The van der Waals surface area contributed by atoms with Crippen LogP contribution in [0, 0.1) is 0 Å². The number of halogens is 3. The molecule has 0 aromatic heterocycles. The average Bonchev–Trinajstić information content (AvgIpc) is 2.90. The van der Waals surface area contributed by atoms with E-state index < -0.39 is 23.3 Å². The van der Waals surface area contributed by atoms with E-state index in [-0.39, 0.29) is 18.5 Å². The van der Waals surface area contributed by atoms with Crippen LogP contribution < -0.4 is 4.74 Å². The van der Waals surface area contributed by atoms with Crippen molar-refractivity contribution in [3.63, 3.8) is 0 Å². The molecular weight excluding hydrogens is 289 g/mol. The molecule has 1 saturated heterocycles. The molecule has 1 N–H and O–H groups in total. The Balaban J connectivity index is 2.08. The molecule has 1 aromatic rings. The third kappa shape index (κ3) is 4.10. The molecule has 0 bridgehead atoms. The van der Waals surface area contributed by atoms with Crippen LogP contribution in [0.5, 0.6) is 5.75 Å². The van der Waals surface area contributed by atoms with Gasteiger partial charge >= 0.3 is 12.1 Å². The highest BCUT2D eigenvalue weighted by Gasteiger charge is 2.35. The lowest BCUT2D eigenvalue weighted by Gasteiger charge is -2.16. The molecule has 1 aliphatic heterocycles. The lowest BCUT2D eigenvalue weighted by molar-refractivity contribution is -0.139. The molecule has 1 atom stereocenters. The number of aromatic carboxylic acids is 1. The number of carbonyl (C=O) groups is 1. The summed E-state index contributed by atoms with van der Waals surface area (Å²) in [7, 11) is 0. The summed E-state index contributed by atoms with van der Waals surface area (Å²) < 4.78 is 49.3. The van der Waals surface area contributed by atoms with Crippen molar-refractivity contribution in [3.05, 3.63) is 29.3 Å². The quantitative estimate of drug-likeness (QED) is 0.906. The fourth-order valence-corrected chi connectivity index (χ4v) is 2.18. The van der Waals surface area contributed by atoms with Crippen LogP contribution in [0.25, 0.3) is 0 Å². The van der Waals surface area contributed by atoms with E-state index in [1.807, 2.05) is 0 Å². The van der Waals surface area contributed by atoms with Crippen LogP contribution in [0.3, 0.4) is 0 Å². The predicted molar refractivity (Wildman–Crippen MR) is 67.5 cm³/mol. The number of carboxylic acids is 1. The Hall–Kier alpha value is -1.76. The SMILES string of the molecule is O=C(O)c1ccc(OCCC2CCCO2)c(C(F)(F)F)c1. The van der Waals surface area contributed by atoms with E-state index in [2.05, 4.69) is 0 Å². The second-order valence-corrected chi connectivity index (χ2v) is 4.79. The number of ether oxygens (including phenoxy) is 2. The molecule has 0 saturated carbocycles. The van der Waals surface area contributed by atoms with Crippen molar-refractivity contribution < 1.29 is 32.5 Å². The summed E-state index contributed by atoms with van der Waals surface area (Å²) in [6, 6.07) is 2.73. The van der Waals surface area contributed by atoms with E-state index in [0.29, 0.717) is 19.1 Å². The Labute approximate surface area is 119 Å². The zero-order chi connectivity index (χ0) is 15.5. The van der Waals surface area contributed by atoms with E-state index in [9.17, 15) is 18.0 Å². The summed E-state index contributed by atoms with van der Waals surface area (Å²) in [6.45, 7) is 0.770. The maximum absolute atomic E-state index is 12.9. The Morgan fingerprint density at radius 1 is 1.43 bits per heavy atom. The van der Waals surface area contributed by atoms with Gasteiger partial charge in [-0.3, -0.25) is 0 Å². The molecule has 116 valence electrons. The van der Waals surface area contributed by atoms with Crippen LogP contribution in [-0.2, 0) is 10.9 Å². The first kappa shape index (κ1) is 15.6. The van der Waals surface area contributed by atoms with Gasteiger partial charge in [0.2, 0.25) is 0 Å². The molecule has 1 fully saturated rings. The van der Waals surface area contributed by atoms with Gasteiger partial charge in [-0.2, -0.15) is 13.2 Å². The second kappa shape index (κ2) is 6.34. The number of carboxylic acid groups (broad SMARTS) is 1. The first-order valence-corrected chi connectivity index (χ1v) is 6.57. The van der Waals surface area contributed by atoms with E-state index in [0.717, 1.165) is 25.0 Å². The Kier molecular flexibility index (Phi) is 4.72. The zero-order valence-electron chi connectivity index (χ0n) is 11.2. The van der Waals surface area contributed by atoms with Gasteiger partial charge in [-0.15, -0.1) is 0 Å². The Morgan fingerprint density at radius 3 is 2.76 bits per heavy atom. The van der Waals surface area contributed by atoms with Crippen LogP contribution in [0.15, 0.2) is 18.2 Å². The molecule has 0 radical (unpaired) electrons. The number of hydrogen-bond acceptors (Lipinski definition) is 3. The zero-order valence-corrected chi connectivity index (χ0v) is 11.2. The summed E-state index contributed by atoms with van der Waals surface area (Å²) >= 11 is 0. The van der Waals surface area contributed by atoms with Gasteiger partial charge in [0.25, 0.3) is 0 Å². The second-order valence-electron chi connectivity index (χ2n) is 4.79. The number of benzene rings is 1. The number of rotatable bonds is 5. The van der Waals surface area contributed by atoms with Gasteiger partial charge in [0.05, 0.1) is 23.8 Å². The van der Waals surface area contributed by atoms with Gasteiger partial charge in [-0.25, -0.2) is 4.79 Å². The van der Waals surface area contributed by atoms with Crippen molar-refractivity contribution in [2.75, 3.05) is 13.2 Å².